The zero-order chi connectivity index (χ0) is 12.7. The molecular formula is C16H24N2. The molecule has 18 heavy (non-hydrogen) atoms. The maximum atomic E-state index is 6.49. The van der Waals surface area contributed by atoms with Crippen LogP contribution in [0.15, 0.2) is 24.3 Å². The Labute approximate surface area is 110 Å². The highest BCUT2D eigenvalue weighted by atomic mass is 15.2. The molecule has 3 rings (SSSR count). The molecule has 1 saturated carbocycles. The van der Waals surface area contributed by atoms with Crippen molar-refractivity contribution in [2.24, 2.45) is 11.7 Å². The van der Waals surface area contributed by atoms with Crippen molar-refractivity contribution in [2.45, 2.75) is 51.2 Å². The zero-order valence-electron chi connectivity index (χ0n) is 11.5. The van der Waals surface area contributed by atoms with E-state index in [9.17, 15) is 0 Å². The quantitative estimate of drug-likeness (QED) is 0.882. The first-order valence-electron chi connectivity index (χ1n) is 7.26. The van der Waals surface area contributed by atoms with Crippen LogP contribution >= 0.6 is 0 Å². The molecule has 98 valence electrons. The van der Waals surface area contributed by atoms with Crippen molar-refractivity contribution in [3.8, 4) is 0 Å². The Morgan fingerprint density at radius 1 is 1.28 bits per heavy atom. The van der Waals surface area contributed by atoms with Gasteiger partial charge in [0, 0.05) is 24.7 Å². The maximum absolute atomic E-state index is 6.49. The fourth-order valence-corrected chi connectivity index (χ4v) is 3.31. The lowest BCUT2D eigenvalue weighted by Gasteiger charge is -2.33. The second kappa shape index (κ2) is 4.67. The van der Waals surface area contributed by atoms with E-state index in [2.05, 4.69) is 43.0 Å². The van der Waals surface area contributed by atoms with E-state index in [1.807, 2.05) is 0 Å². The molecule has 0 aliphatic heterocycles. The third kappa shape index (κ3) is 2.19. The average molecular weight is 244 g/mol. The zero-order valence-corrected chi connectivity index (χ0v) is 11.5. The van der Waals surface area contributed by atoms with E-state index in [1.165, 1.54) is 30.5 Å². The van der Waals surface area contributed by atoms with Crippen LogP contribution in [0.3, 0.4) is 0 Å². The maximum Gasteiger partial charge on any atom is 0.0459 e. The molecule has 2 nitrogen and oxygen atoms in total. The van der Waals surface area contributed by atoms with Gasteiger partial charge in [-0.15, -0.1) is 0 Å². The summed E-state index contributed by atoms with van der Waals surface area (Å²) in [6.07, 6.45) is 3.87. The largest absolute Gasteiger partial charge is 0.323 e. The minimum absolute atomic E-state index is 0.209. The Bertz CT molecular complexity index is 423. The van der Waals surface area contributed by atoms with Gasteiger partial charge >= 0.3 is 0 Å². The van der Waals surface area contributed by atoms with Crippen molar-refractivity contribution in [2.75, 3.05) is 6.54 Å². The van der Waals surface area contributed by atoms with Gasteiger partial charge in [-0.05, 0) is 36.3 Å². The van der Waals surface area contributed by atoms with Crippen LogP contribution in [0.1, 0.15) is 43.9 Å². The molecule has 2 unspecified atom stereocenters. The fraction of sp³-hybridized carbons (Fsp3) is 0.625. The SMILES string of the molecule is CC(C)CN(C1CC1)C1Cc2ccccc2C1N. The topological polar surface area (TPSA) is 29.3 Å². The molecule has 1 aromatic carbocycles. The van der Waals surface area contributed by atoms with Crippen molar-refractivity contribution < 1.29 is 0 Å². The molecule has 2 aliphatic rings. The van der Waals surface area contributed by atoms with E-state index < -0.39 is 0 Å². The molecule has 0 bridgehead atoms. The summed E-state index contributed by atoms with van der Waals surface area (Å²) in [6, 6.07) is 10.2. The van der Waals surface area contributed by atoms with Gasteiger partial charge in [0.05, 0.1) is 0 Å². The summed E-state index contributed by atoms with van der Waals surface area (Å²) in [6.45, 7) is 5.81. The predicted octanol–water partition coefficient (Wildman–Crippen LogP) is 2.73. The first-order chi connectivity index (χ1) is 8.66. The molecule has 0 radical (unpaired) electrons. The number of benzene rings is 1. The predicted molar refractivity (Wildman–Crippen MR) is 75.4 cm³/mol. The smallest absolute Gasteiger partial charge is 0.0459 e. The summed E-state index contributed by atoms with van der Waals surface area (Å²) >= 11 is 0. The lowest BCUT2D eigenvalue weighted by Crippen LogP contribution is -2.44. The Balaban J connectivity index is 1.81. The van der Waals surface area contributed by atoms with E-state index in [-0.39, 0.29) is 6.04 Å². The molecule has 1 aromatic rings. The number of fused-ring (bicyclic) bond motifs is 1. The van der Waals surface area contributed by atoms with Gasteiger partial charge in [-0.3, -0.25) is 4.90 Å². The van der Waals surface area contributed by atoms with Crippen LogP contribution in [-0.4, -0.2) is 23.5 Å². The Kier molecular flexibility index (Phi) is 3.16. The van der Waals surface area contributed by atoms with Crippen LogP contribution < -0.4 is 5.73 Å². The van der Waals surface area contributed by atoms with Gasteiger partial charge in [0.2, 0.25) is 0 Å². The summed E-state index contributed by atoms with van der Waals surface area (Å²) in [5, 5.41) is 0. The number of rotatable bonds is 4. The molecule has 0 heterocycles. The molecule has 0 amide bonds. The fourth-order valence-electron chi connectivity index (χ4n) is 3.31. The van der Waals surface area contributed by atoms with Gasteiger partial charge in [-0.2, -0.15) is 0 Å². The lowest BCUT2D eigenvalue weighted by molar-refractivity contribution is 0.151. The first-order valence-corrected chi connectivity index (χ1v) is 7.26. The highest BCUT2D eigenvalue weighted by molar-refractivity contribution is 5.37. The van der Waals surface area contributed by atoms with Crippen LogP contribution in [0.2, 0.25) is 0 Å². The highest BCUT2D eigenvalue weighted by Gasteiger charge is 2.40. The minimum atomic E-state index is 0.209. The van der Waals surface area contributed by atoms with Crippen LogP contribution in [0.25, 0.3) is 0 Å². The Hall–Kier alpha value is -0.860. The summed E-state index contributed by atoms with van der Waals surface area (Å²) in [4.78, 5) is 2.69. The highest BCUT2D eigenvalue weighted by Crippen LogP contribution is 2.38. The van der Waals surface area contributed by atoms with Crippen molar-refractivity contribution in [3.63, 3.8) is 0 Å². The van der Waals surface area contributed by atoms with E-state index in [0.717, 1.165) is 18.4 Å². The van der Waals surface area contributed by atoms with Crippen molar-refractivity contribution in [1.82, 2.24) is 4.90 Å². The molecule has 0 saturated heterocycles. The van der Waals surface area contributed by atoms with Gasteiger partial charge in [-0.25, -0.2) is 0 Å². The molecular weight excluding hydrogens is 220 g/mol. The molecule has 0 aromatic heterocycles. The van der Waals surface area contributed by atoms with Gasteiger partial charge in [0.15, 0.2) is 0 Å². The van der Waals surface area contributed by atoms with Crippen LogP contribution in [0.5, 0.6) is 0 Å². The third-order valence-corrected chi connectivity index (χ3v) is 4.28. The number of hydrogen-bond donors (Lipinski definition) is 1. The summed E-state index contributed by atoms with van der Waals surface area (Å²) in [5.74, 6) is 0.724. The minimum Gasteiger partial charge on any atom is -0.323 e. The molecule has 2 N–H and O–H groups in total. The van der Waals surface area contributed by atoms with E-state index in [0.29, 0.717) is 6.04 Å². The summed E-state index contributed by atoms with van der Waals surface area (Å²) in [5.41, 5.74) is 9.33. The Morgan fingerprint density at radius 2 is 2.00 bits per heavy atom. The van der Waals surface area contributed by atoms with Gasteiger partial charge < -0.3 is 5.73 Å². The number of nitrogens with two attached hydrogens (primary N) is 1. The number of hydrogen-bond acceptors (Lipinski definition) is 2. The second-order valence-corrected chi connectivity index (χ2v) is 6.32. The van der Waals surface area contributed by atoms with Gasteiger partial charge in [0.1, 0.15) is 0 Å². The summed E-state index contributed by atoms with van der Waals surface area (Å²) < 4.78 is 0. The van der Waals surface area contributed by atoms with E-state index in [4.69, 9.17) is 5.73 Å². The van der Waals surface area contributed by atoms with Crippen molar-refractivity contribution in [1.29, 1.82) is 0 Å². The van der Waals surface area contributed by atoms with E-state index in [1.54, 1.807) is 0 Å². The molecule has 2 heteroatoms. The van der Waals surface area contributed by atoms with Gasteiger partial charge in [0.25, 0.3) is 0 Å². The van der Waals surface area contributed by atoms with Crippen molar-refractivity contribution >= 4 is 0 Å². The molecule has 1 fully saturated rings. The second-order valence-electron chi connectivity index (χ2n) is 6.32. The standard InChI is InChI=1S/C16H24N2/c1-11(2)10-18(13-7-8-13)15-9-12-5-3-4-6-14(12)16(15)17/h3-6,11,13,15-16H,7-10,17H2,1-2H3. The summed E-state index contributed by atoms with van der Waals surface area (Å²) in [7, 11) is 0. The Morgan fingerprint density at radius 3 is 2.61 bits per heavy atom. The number of nitrogens with zero attached hydrogens (tertiary/aromatic N) is 1. The monoisotopic (exact) mass is 244 g/mol. The molecule has 0 spiro atoms. The van der Waals surface area contributed by atoms with Crippen LogP contribution in [0.4, 0.5) is 0 Å². The normalized spacial score (nSPS) is 26.9. The third-order valence-electron chi connectivity index (χ3n) is 4.28. The van der Waals surface area contributed by atoms with E-state index >= 15 is 0 Å². The molecule has 2 aliphatic carbocycles. The van der Waals surface area contributed by atoms with Crippen LogP contribution in [0, 0.1) is 5.92 Å². The molecule has 2 atom stereocenters. The van der Waals surface area contributed by atoms with Crippen LogP contribution in [-0.2, 0) is 6.42 Å². The lowest BCUT2D eigenvalue weighted by atomic mass is 10.1. The van der Waals surface area contributed by atoms with Crippen molar-refractivity contribution in [3.05, 3.63) is 35.4 Å². The first kappa shape index (κ1) is 12.2. The average Bonchev–Trinajstić information content (AvgIpc) is 3.12. The van der Waals surface area contributed by atoms with Gasteiger partial charge in [-0.1, -0.05) is 38.1 Å².